The van der Waals surface area contributed by atoms with E-state index in [0.29, 0.717) is 6.42 Å². The van der Waals surface area contributed by atoms with Crippen LogP contribution in [0, 0.1) is 0 Å². The Labute approximate surface area is 158 Å². The van der Waals surface area contributed by atoms with E-state index >= 15 is 0 Å². The molecule has 0 unspecified atom stereocenters. The first kappa shape index (κ1) is 23.0. The van der Waals surface area contributed by atoms with Crippen molar-refractivity contribution in [1.29, 1.82) is 0 Å². The number of anilines is 1. The Morgan fingerprint density at radius 2 is 1.83 bits per heavy atom. The summed E-state index contributed by atoms with van der Waals surface area (Å²) in [7, 11) is 0. The summed E-state index contributed by atoms with van der Waals surface area (Å²) in [5.41, 5.74) is 8.27. The molecule has 1 aromatic rings. The molecule has 2 rings (SSSR count). The Balaban J connectivity index is 0.00000264. The van der Waals surface area contributed by atoms with Gasteiger partial charge in [-0.05, 0) is 43.9 Å². The monoisotopic (exact) mass is 375 g/mol. The van der Waals surface area contributed by atoms with E-state index in [0.717, 1.165) is 64.7 Å². The van der Waals surface area contributed by atoms with Gasteiger partial charge in [0.05, 0.1) is 0 Å². The zero-order valence-electron chi connectivity index (χ0n) is 14.3. The molecule has 1 aliphatic rings. The summed E-state index contributed by atoms with van der Waals surface area (Å²) in [5.74, 6) is 0.189. The largest absolute Gasteiger partial charge is 0.371 e. The summed E-state index contributed by atoms with van der Waals surface area (Å²) in [6, 6.07) is 8.61. The quantitative estimate of drug-likeness (QED) is 0.616. The number of benzene rings is 1. The van der Waals surface area contributed by atoms with E-state index in [9.17, 15) is 4.79 Å². The molecule has 0 aliphatic carbocycles. The molecule has 0 fully saturated rings. The number of hydrogen-bond donors (Lipinski definition) is 2. The minimum absolute atomic E-state index is 0. The predicted molar refractivity (Wildman–Crippen MR) is 107 cm³/mol. The maximum atomic E-state index is 11.7. The van der Waals surface area contributed by atoms with Crippen molar-refractivity contribution in [3.8, 4) is 0 Å². The average molecular weight is 376 g/mol. The lowest BCUT2D eigenvalue weighted by molar-refractivity contribution is -0.121. The molecule has 0 spiro atoms. The van der Waals surface area contributed by atoms with Crippen molar-refractivity contribution >= 4 is 36.4 Å². The van der Waals surface area contributed by atoms with Crippen LogP contribution in [-0.2, 0) is 11.2 Å². The maximum absolute atomic E-state index is 11.7. The first-order valence-corrected chi connectivity index (χ1v) is 8.61. The third-order valence-corrected chi connectivity index (χ3v) is 4.27. The number of rotatable bonds is 10. The van der Waals surface area contributed by atoms with Gasteiger partial charge in [0.15, 0.2) is 0 Å². The highest BCUT2D eigenvalue weighted by molar-refractivity contribution is 5.85. The molecule has 0 radical (unpaired) electrons. The SMILES string of the molecule is Cl.Cl.NCCCCCCC(=O)NCCCN1CCc2ccccc21. The van der Waals surface area contributed by atoms with E-state index in [-0.39, 0.29) is 30.7 Å². The number of nitrogens with zero attached hydrogens (tertiary/aromatic N) is 1. The zero-order chi connectivity index (χ0) is 15.6. The number of nitrogens with one attached hydrogen (secondary N) is 1. The lowest BCUT2D eigenvalue weighted by Crippen LogP contribution is -2.29. The van der Waals surface area contributed by atoms with Gasteiger partial charge in [-0.3, -0.25) is 4.79 Å². The Bertz CT molecular complexity index is 471. The molecule has 1 aliphatic heterocycles. The average Bonchev–Trinajstić information content (AvgIpc) is 2.95. The maximum Gasteiger partial charge on any atom is 0.219 e. The van der Waals surface area contributed by atoms with Crippen LogP contribution >= 0.6 is 24.8 Å². The van der Waals surface area contributed by atoms with Gasteiger partial charge in [0.2, 0.25) is 5.91 Å². The molecule has 0 saturated carbocycles. The lowest BCUT2D eigenvalue weighted by Gasteiger charge is -2.19. The molecule has 1 aromatic carbocycles. The standard InChI is InChI=1S/C18H29N3O.2ClH/c19-12-6-2-1-3-10-18(22)20-13-7-14-21-15-11-16-8-4-5-9-17(16)21;;/h4-5,8-9H,1-3,6-7,10-15,19H2,(H,20,22);2*1H. The van der Waals surface area contributed by atoms with Crippen LogP contribution < -0.4 is 16.0 Å². The minimum atomic E-state index is 0. The van der Waals surface area contributed by atoms with Gasteiger partial charge in [0.25, 0.3) is 0 Å². The fraction of sp³-hybridized carbons (Fsp3) is 0.611. The molecule has 1 heterocycles. The Kier molecular flexibility index (Phi) is 12.8. The van der Waals surface area contributed by atoms with Crippen LogP contribution in [-0.4, -0.2) is 32.1 Å². The van der Waals surface area contributed by atoms with E-state index in [1.165, 1.54) is 11.3 Å². The normalized spacial score (nSPS) is 12.1. The molecule has 0 aromatic heterocycles. The van der Waals surface area contributed by atoms with E-state index in [1.807, 2.05) is 0 Å². The lowest BCUT2D eigenvalue weighted by atomic mass is 10.1. The number of carbonyl (C=O) groups is 1. The fourth-order valence-corrected chi connectivity index (χ4v) is 3.01. The van der Waals surface area contributed by atoms with Gasteiger partial charge in [-0.2, -0.15) is 0 Å². The third-order valence-electron chi connectivity index (χ3n) is 4.27. The second-order valence-electron chi connectivity index (χ2n) is 6.02. The van der Waals surface area contributed by atoms with Crippen molar-refractivity contribution in [2.75, 3.05) is 31.1 Å². The van der Waals surface area contributed by atoms with Gasteiger partial charge in [0, 0.05) is 31.7 Å². The summed E-state index contributed by atoms with van der Waals surface area (Å²) in [5, 5.41) is 3.03. The summed E-state index contributed by atoms with van der Waals surface area (Å²) in [6.07, 6.45) is 7.09. The Morgan fingerprint density at radius 3 is 2.62 bits per heavy atom. The number of halogens is 2. The van der Waals surface area contributed by atoms with Crippen LogP contribution in [0.2, 0.25) is 0 Å². The van der Waals surface area contributed by atoms with Gasteiger partial charge in [0.1, 0.15) is 0 Å². The topological polar surface area (TPSA) is 58.4 Å². The summed E-state index contributed by atoms with van der Waals surface area (Å²) in [4.78, 5) is 14.1. The van der Waals surface area contributed by atoms with Gasteiger partial charge in [-0.15, -0.1) is 24.8 Å². The molecule has 24 heavy (non-hydrogen) atoms. The van der Waals surface area contributed by atoms with E-state index < -0.39 is 0 Å². The first-order chi connectivity index (χ1) is 10.8. The first-order valence-electron chi connectivity index (χ1n) is 8.61. The molecule has 6 heteroatoms. The Hall–Kier alpha value is -0.970. The van der Waals surface area contributed by atoms with Crippen LogP contribution in [0.5, 0.6) is 0 Å². The minimum Gasteiger partial charge on any atom is -0.371 e. The van der Waals surface area contributed by atoms with Crippen LogP contribution in [0.25, 0.3) is 0 Å². The highest BCUT2D eigenvalue weighted by Crippen LogP contribution is 2.27. The van der Waals surface area contributed by atoms with E-state index in [4.69, 9.17) is 5.73 Å². The number of nitrogens with two attached hydrogens (primary N) is 1. The van der Waals surface area contributed by atoms with Crippen molar-refractivity contribution in [2.24, 2.45) is 5.73 Å². The van der Waals surface area contributed by atoms with Crippen LogP contribution in [0.4, 0.5) is 5.69 Å². The zero-order valence-corrected chi connectivity index (χ0v) is 16.0. The Morgan fingerprint density at radius 1 is 1.08 bits per heavy atom. The molecule has 138 valence electrons. The van der Waals surface area contributed by atoms with Crippen LogP contribution in [0.15, 0.2) is 24.3 Å². The molecule has 0 atom stereocenters. The molecule has 0 bridgehead atoms. The molecule has 3 N–H and O–H groups in total. The van der Waals surface area contributed by atoms with E-state index in [2.05, 4.69) is 34.5 Å². The van der Waals surface area contributed by atoms with E-state index in [1.54, 1.807) is 0 Å². The highest BCUT2D eigenvalue weighted by Gasteiger charge is 2.17. The number of amides is 1. The number of fused-ring (bicyclic) bond motifs is 1. The molecule has 0 saturated heterocycles. The molecule has 1 amide bonds. The van der Waals surface area contributed by atoms with Gasteiger partial charge in [-0.25, -0.2) is 0 Å². The summed E-state index contributed by atoms with van der Waals surface area (Å²) >= 11 is 0. The highest BCUT2D eigenvalue weighted by atomic mass is 35.5. The van der Waals surface area contributed by atoms with Crippen molar-refractivity contribution < 1.29 is 4.79 Å². The number of hydrogen-bond acceptors (Lipinski definition) is 3. The van der Waals surface area contributed by atoms with Crippen molar-refractivity contribution in [2.45, 2.75) is 44.9 Å². The van der Waals surface area contributed by atoms with Crippen LogP contribution in [0.3, 0.4) is 0 Å². The second kappa shape index (κ2) is 13.3. The number of carbonyl (C=O) groups excluding carboxylic acids is 1. The van der Waals surface area contributed by atoms with Gasteiger partial charge < -0.3 is 16.0 Å². The number of unbranched alkanes of at least 4 members (excludes halogenated alkanes) is 3. The third kappa shape index (κ3) is 7.73. The van der Waals surface area contributed by atoms with Gasteiger partial charge >= 0.3 is 0 Å². The van der Waals surface area contributed by atoms with Crippen LogP contribution in [0.1, 0.15) is 44.1 Å². The summed E-state index contributed by atoms with van der Waals surface area (Å²) < 4.78 is 0. The molecule has 4 nitrogen and oxygen atoms in total. The molecular formula is C18H31Cl2N3O. The smallest absolute Gasteiger partial charge is 0.219 e. The molecular weight excluding hydrogens is 345 g/mol. The number of para-hydroxylation sites is 1. The van der Waals surface area contributed by atoms with Crippen molar-refractivity contribution in [1.82, 2.24) is 5.32 Å². The summed E-state index contributed by atoms with van der Waals surface area (Å²) in [6.45, 7) is 3.66. The predicted octanol–water partition coefficient (Wildman–Crippen LogP) is 3.31. The van der Waals surface area contributed by atoms with Crippen molar-refractivity contribution in [3.05, 3.63) is 29.8 Å². The van der Waals surface area contributed by atoms with Crippen molar-refractivity contribution in [3.63, 3.8) is 0 Å². The fourth-order valence-electron chi connectivity index (χ4n) is 3.01. The second-order valence-corrected chi connectivity index (χ2v) is 6.02. The van der Waals surface area contributed by atoms with Gasteiger partial charge in [-0.1, -0.05) is 31.0 Å².